The minimum absolute atomic E-state index is 0.231. The maximum atomic E-state index is 5.77. The minimum atomic E-state index is -0.254. The first-order chi connectivity index (χ1) is 5.23. The third-order valence-corrected chi connectivity index (χ3v) is 2.49. The van der Waals surface area contributed by atoms with Crippen LogP contribution in [0.1, 0.15) is 27.7 Å². The van der Waals surface area contributed by atoms with E-state index in [9.17, 15) is 0 Å². The van der Waals surface area contributed by atoms with Crippen LogP contribution in [0.15, 0.2) is 0 Å². The van der Waals surface area contributed by atoms with E-state index >= 15 is 0 Å². The molecule has 0 unspecified atom stereocenters. The average molecular weight is 172 g/mol. The van der Waals surface area contributed by atoms with Gasteiger partial charge in [-0.05, 0) is 27.7 Å². The molecule has 0 aliphatic carbocycles. The van der Waals surface area contributed by atoms with Crippen LogP contribution in [0.3, 0.4) is 0 Å². The molecule has 2 nitrogen and oxygen atoms in total. The Hall–Kier alpha value is -0.0151. The molecule has 0 aromatic heterocycles. The van der Waals surface area contributed by atoms with E-state index in [2.05, 4.69) is 13.8 Å². The van der Waals surface area contributed by atoms with Gasteiger partial charge in [0.25, 0.3) is 6.92 Å². The molecule has 0 aliphatic heterocycles. The normalized spacial score (nSPS) is 13.2. The molecule has 12 heavy (non-hydrogen) atoms. The summed E-state index contributed by atoms with van der Waals surface area (Å²) in [4.78, 5) is 0. The zero-order chi connectivity index (χ0) is 9.99. The van der Waals surface area contributed by atoms with Gasteiger partial charge in [0.05, 0.1) is 11.2 Å². The third kappa shape index (κ3) is 2.79. The van der Waals surface area contributed by atoms with Crippen LogP contribution in [-0.2, 0) is 9.39 Å². The highest BCUT2D eigenvalue weighted by atomic mass is 16.5. The summed E-state index contributed by atoms with van der Waals surface area (Å²) in [5, 5.41) is 0. The molecule has 0 heterocycles. The lowest BCUT2D eigenvalue weighted by molar-refractivity contribution is -0.116. The van der Waals surface area contributed by atoms with Crippen LogP contribution < -0.4 is 0 Å². The topological polar surface area (TPSA) is 18.5 Å². The number of hydrogen-bond donors (Lipinski definition) is 0. The Balaban J connectivity index is 4.37. The van der Waals surface area contributed by atoms with Crippen LogP contribution in [0, 0.1) is 0 Å². The van der Waals surface area contributed by atoms with Crippen molar-refractivity contribution in [1.82, 2.24) is 0 Å². The van der Waals surface area contributed by atoms with E-state index < -0.39 is 0 Å². The molecular formula is C9H21BO2. The Morgan fingerprint density at radius 2 is 1.33 bits per heavy atom. The van der Waals surface area contributed by atoms with E-state index in [1.807, 2.05) is 27.5 Å². The largest absolute Gasteiger partial charge is 0.429 e. The molecule has 0 aromatic rings. The lowest BCUT2D eigenvalue weighted by Crippen LogP contribution is -2.50. The smallest absolute Gasteiger partial charge is 0.287 e. The van der Waals surface area contributed by atoms with Gasteiger partial charge >= 0.3 is 0 Å². The summed E-state index contributed by atoms with van der Waals surface area (Å²) in [5.74, 6) is 0. The second-order valence-electron chi connectivity index (χ2n) is 4.39. The van der Waals surface area contributed by atoms with Gasteiger partial charge in [0.2, 0.25) is 0 Å². The van der Waals surface area contributed by atoms with E-state index in [4.69, 9.17) is 9.39 Å². The number of hydrogen-bond acceptors (Lipinski definition) is 2. The number of methoxy groups -OCH3 is 1. The van der Waals surface area contributed by atoms with Gasteiger partial charge in [0.1, 0.15) is 0 Å². The fraction of sp³-hybridized carbons (Fsp3) is 1.00. The molecule has 3 heteroatoms. The van der Waals surface area contributed by atoms with E-state index in [1.54, 1.807) is 7.11 Å². The Morgan fingerprint density at radius 3 is 1.58 bits per heavy atom. The highest BCUT2D eigenvalue weighted by Gasteiger charge is 2.38. The molecule has 0 radical (unpaired) electrons. The second-order valence-corrected chi connectivity index (χ2v) is 4.39. The van der Waals surface area contributed by atoms with Gasteiger partial charge in [0.15, 0.2) is 0 Å². The van der Waals surface area contributed by atoms with Gasteiger partial charge in [-0.25, -0.2) is 0 Å². The molecule has 72 valence electrons. The van der Waals surface area contributed by atoms with Crippen LogP contribution >= 0.6 is 0 Å². The van der Waals surface area contributed by atoms with Crippen LogP contribution in [0.2, 0.25) is 13.6 Å². The summed E-state index contributed by atoms with van der Waals surface area (Å²) in [6.07, 6.45) is 0. The Labute approximate surface area is 76.7 Å². The summed E-state index contributed by atoms with van der Waals surface area (Å²) in [7, 11) is 1.71. The van der Waals surface area contributed by atoms with Gasteiger partial charge in [-0.1, -0.05) is 13.6 Å². The quantitative estimate of drug-likeness (QED) is 0.606. The van der Waals surface area contributed by atoms with Crippen molar-refractivity contribution in [2.24, 2.45) is 0 Å². The predicted molar refractivity (Wildman–Crippen MR) is 53.7 cm³/mol. The Kier molecular flexibility index (Phi) is 3.79. The lowest BCUT2D eigenvalue weighted by atomic mass is 9.72. The average Bonchev–Trinajstić information content (AvgIpc) is 1.84. The summed E-state index contributed by atoms with van der Waals surface area (Å²) < 4.78 is 11.1. The van der Waals surface area contributed by atoms with Crippen molar-refractivity contribution in [3.63, 3.8) is 0 Å². The molecule has 0 N–H and O–H groups in total. The molecular weight excluding hydrogens is 151 g/mol. The molecule has 0 amide bonds. The summed E-state index contributed by atoms with van der Waals surface area (Å²) in [6.45, 7) is 12.5. The van der Waals surface area contributed by atoms with Gasteiger partial charge in [-0.15, -0.1) is 0 Å². The summed E-state index contributed by atoms with van der Waals surface area (Å²) in [6, 6.07) is 0. The highest BCUT2D eigenvalue weighted by Crippen LogP contribution is 2.28. The summed E-state index contributed by atoms with van der Waals surface area (Å²) >= 11 is 0. The predicted octanol–water partition coefficient (Wildman–Crippen LogP) is 2.46. The molecule has 0 spiro atoms. The molecule has 0 bridgehead atoms. The SMILES string of the molecule is COC(C)(C)C(C)(C)OB(C)C. The van der Waals surface area contributed by atoms with E-state index in [-0.39, 0.29) is 18.1 Å². The first-order valence-electron chi connectivity index (χ1n) is 4.46. The van der Waals surface area contributed by atoms with Gasteiger partial charge < -0.3 is 9.39 Å². The fourth-order valence-corrected chi connectivity index (χ4v) is 0.977. The van der Waals surface area contributed by atoms with Crippen LogP contribution in [0.4, 0.5) is 0 Å². The molecule has 0 atom stereocenters. The van der Waals surface area contributed by atoms with Gasteiger partial charge in [-0.2, -0.15) is 0 Å². The zero-order valence-corrected chi connectivity index (χ0v) is 9.39. The molecule has 0 aromatic carbocycles. The molecule has 0 fully saturated rings. The van der Waals surface area contributed by atoms with Crippen molar-refractivity contribution in [2.45, 2.75) is 52.5 Å². The number of ether oxygens (including phenoxy) is 1. The molecule has 0 saturated carbocycles. The second kappa shape index (κ2) is 3.80. The Bertz CT molecular complexity index is 141. The van der Waals surface area contributed by atoms with Crippen molar-refractivity contribution < 1.29 is 9.39 Å². The van der Waals surface area contributed by atoms with Crippen LogP contribution in [0.25, 0.3) is 0 Å². The molecule has 0 rings (SSSR count). The summed E-state index contributed by atoms with van der Waals surface area (Å²) in [5.41, 5.74) is -0.507. The van der Waals surface area contributed by atoms with Crippen LogP contribution in [0.5, 0.6) is 0 Å². The number of rotatable bonds is 4. The lowest BCUT2D eigenvalue weighted by Gasteiger charge is -2.41. The minimum Gasteiger partial charge on any atom is -0.429 e. The molecule has 0 aliphatic rings. The van der Waals surface area contributed by atoms with Crippen molar-refractivity contribution in [3.05, 3.63) is 0 Å². The van der Waals surface area contributed by atoms with Crippen molar-refractivity contribution in [3.8, 4) is 0 Å². The maximum absolute atomic E-state index is 5.77. The van der Waals surface area contributed by atoms with Gasteiger partial charge in [-0.3, -0.25) is 0 Å². The first kappa shape index (κ1) is 12.0. The van der Waals surface area contributed by atoms with E-state index in [1.165, 1.54) is 0 Å². The molecule has 0 saturated heterocycles. The van der Waals surface area contributed by atoms with Crippen molar-refractivity contribution in [1.29, 1.82) is 0 Å². The first-order valence-corrected chi connectivity index (χ1v) is 4.46. The van der Waals surface area contributed by atoms with E-state index in [0.717, 1.165) is 0 Å². The van der Waals surface area contributed by atoms with Crippen molar-refractivity contribution in [2.75, 3.05) is 7.11 Å². The fourth-order valence-electron chi connectivity index (χ4n) is 0.977. The third-order valence-electron chi connectivity index (χ3n) is 2.49. The van der Waals surface area contributed by atoms with Crippen molar-refractivity contribution >= 4 is 6.92 Å². The van der Waals surface area contributed by atoms with Crippen LogP contribution in [-0.4, -0.2) is 25.2 Å². The highest BCUT2D eigenvalue weighted by molar-refractivity contribution is 6.48. The Morgan fingerprint density at radius 1 is 0.917 bits per heavy atom. The van der Waals surface area contributed by atoms with Gasteiger partial charge in [0, 0.05) is 7.11 Å². The zero-order valence-electron chi connectivity index (χ0n) is 9.39. The van der Waals surface area contributed by atoms with E-state index in [0.29, 0.717) is 0 Å². The maximum Gasteiger partial charge on any atom is 0.287 e. The standard InChI is InChI=1S/C9H21BO2/c1-8(2,11-7)9(3,4)12-10(5)6/h1-7H3. The monoisotopic (exact) mass is 172 g/mol.